The number of nitrogen functional groups attached to an aromatic ring is 1. The fourth-order valence-corrected chi connectivity index (χ4v) is 1.57. The molecule has 98 valence electrons. The number of H-pyrrole nitrogens is 1. The lowest BCUT2D eigenvalue weighted by Gasteiger charge is -2.06. The Hall–Kier alpha value is -2.83. The zero-order valence-electron chi connectivity index (χ0n) is 10.2. The van der Waals surface area contributed by atoms with E-state index in [0.29, 0.717) is 11.3 Å². The molecule has 0 spiro atoms. The number of aromatic nitrogens is 2. The molecule has 0 saturated heterocycles. The third-order valence-corrected chi connectivity index (χ3v) is 2.68. The molecule has 0 unspecified atom stereocenters. The van der Waals surface area contributed by atoms with E-state index in [4.69, 9.17) is 11.5 Å². The Labute approximate surface area is 109 Å². The summed E-state index contributed by atoms with van der Waals surface area (Å²) < 4.78 is 0. The molecule has 2 aromatic rings. The number of nitrogens with one attached hydrogen (secondary N) is 2. The number of aromatic amines is 1. The minimum absolute atomic E-state index is 0.125. The highest BCUT2D eigenvalue weighted by molar-refractivity contribution is 6.07. The third kappa shape index (κ3) is 2.54. The smallest absolute Gasteiger partial charge is 0.256 e. The first-order valence-electron chi connectivity index (χ1n) is 5.49. The molecule has 0 aliphatic rings. The van der Waals surface area contributed by atoms with Gasteiger partial charge in [0.15, 0.2) is 0 Å². The highest BCUT2D eigenvalue weighted by atomic mass is 16.2. The summed E-state index contributed by atoms with van der Waals surface area (Å²) in [6, 6.07) is 4.90. The third-order valence-electron chi connectivity index (χ3n) is 2.68. The monoisotopic (exact) mass is 259 g/mol. The van der Waals surface area contributed by atoms with Crippen LogP contribution >= 0.6 is 0 Å². The van der Waals surface area contributed by atoms with Crippen LogP contribution in [0.5, 0.6) is 0 Å². The van der Waals surface area contributed by atoms with Gasteiger partial charge in [-0.05, 0) is 30.7 Å². The van der Waals surface area contributed by atoms with Gasteiger partial charge in [0.25, 0.3) is 11.8 Å². The molecule has 0 radical (unpaired) electrons. The Morgan fingerprint density at radius 3 is 2.74 bits per heavy atom. The van der Waals surface area contributed by atoms with E-state index in [-0.39, 0.29) is 17.3 Å². The number of anilines is 2. The van der Waals surface area contributed by atoms with Crippen LogP contribution in [-0.4, -0.2) is 22.0 Å². The highest BCUT2D eigenvalue weighted by Gasteiger charge is 2.14. The van der Waals surface area contributed by atoms with E-state index in [1.807, 2.05) is 0 Å². The molecule has 0 aliphatic heterocycles. The zero-order valence-corrected chi connectivity index (χ0v) is 10.2. The van der Waals surface area contributed by atoms with Gasteiger partial charge in [0.2, 0.25) is 0 Å². The van der Waals surface area contributed by atoms with Gasteiger partial charge in [0.05, 0.1) is 6.20 Å². The van der Waals surface area contributed by atoms with Gasteiger partial charge < -0.3 is 16.8 Å². The molecule has 1 aromatic heterocycles. The van der Waals surface area contributed by atoms with Crippen molar-refractivity contribution in [2.45, 2.75) is 6.92 Å². The first kappa shape index (κ1) is 12.6. The molecule has 6 N–H and O–H groups in total. The lowest BCUT2D eigenvalue weighted by molar-refractivity contribution is 0.100. The molecule has 2 rings (SSSR count). The van der Waals surface area contributed by atoms with Crippen molar-refractivity contribution in [2.24, 2.45) is 5.73 Å². The molecule has 1 heterocycles. The Bertz CT molecular complexity index is 647. The number of nitrogens with two attached hydrogens (primary N) is 2. The second-order valence-electron chi connectivity index (χ2n) is 4.05. The van der Waals surface area contributed by atoms with Gasteiger partial charge in [-0.3, -0.25) is 14.7 Å². The Kier molecular flexibility index (Phi) is 3.19. The topological polar surface area (TPSA) is 127 Å². The fourth-order valence-electron chi connectivity index (χ4n) is 1.57. The summed E-state index contributed by atoms with van der Waals surface area (Å²) in [5.41, 5.74) is 12.8. The van der Waals surface area contributed by atoms with Crippen molar-refractivity contribution in [3.8, 4) is 0 Å². The average molecular weight is 259 g/mol. The van der Waals surface area contributed by atoms with Crippen molar-refractivity contribution >= 4 is 23.3 Å². The van der Waals surface area contributed by atoms with Crippen LogP contribution in [0.1, 0.15) is 26.3 Å². The van der Waals surface area contributed by atoms with E-state index in [9.17, 15) is 9.59 Å². The Morgan fingerprint density at radius 1 is 1.37 bits per heavy atom. The summed E-state index contributed by atoms with van der Waals surface area (Å²) >= 11 is 0. The predicted octanol–water partition coefficient (Wildman–Crippen LogP) is 0.652. The second-order valence-corrected chi connectivity index (χ2v) is 4.05. The molecular formula is C12H13N5O2. The van der Waals surface area contributed by atoms with Crippen molar-refractivity contribution in [1.29, 1.82) is 0 Å². The lowest BCUT2D eigenvalue weighted by atomic mass is 10.1. The summed E-state index contributed by atoms with van der Waals surface area (Å²) in [5.74, 6) is -0.876. The number of rotatable bonds is 3. The summed E-state index contributed by atoms with van der Waals surface area (Å²) in [7, 11) is 0. The standard InChI is InChI=1S/C12H13N5O2/c1-6-4-7(2-3-9(6)13)12(19)16-11-8(10(14)18)5-15-17-11/h2-5H,13H2,1H3,(H2,14,18)(H2,15,16,17,19). The predicted molar refractivity (Wildman–Crippen MR) is 70.7 cm³/mol. The molecule has 0 atom stereocenters. The number of aryl methyl sites for hydroxylation is 1. The number of carbonyl (C=O) groups excluding carboxylic acids is 2. The largest absolute Gasteiger partial charge is 0.399 e. The minimum atomic E-state index is -0.669. The maximum atomic E-state index is 12.0. The van der Waals surface area contributed by atoms with Crippen LogP contribution in [0, 0.1) is 6.92 Å². The van der Waals surface area contributed by atoms with Crippen molar-refractivity contribution in [3.63, 3.8) is 0 Å². The number of nitrogens with zero attached hydrogens (tertiary/aromatic N) is 1. The molecule has 0 saturated carbocycles. The van der Waals surface area contributed by atoms with Crippen molar-refractivity contribution in [1.82, 2.24) is 10.2 Å². The summed E-state index contributed by atoms with van der Waals surface area (Å²) in [5, 5.41) is 8.70. The van der Waals surface area contributed by atoms with Crippen LogP contribution in [0.2, 0.25) is 0 Å². The maximum absolute atomic E-state index is 12.0. The van der Waals surface area contributed by atoms with Gasteiger partial charge in [-0.15, -0.1) is 0 Å². The molecule has 0 aliphatic carbocycles. The van der Waals surface area contributed by atoms with Gasteiger partial charge in [-0.25, -0.2) is 0 Å². The zero-order chi connectivity index (χ0) is 14.0. The average Bonchev–Trinajstić information content (AvgIpc) is 2.80. The molecule has 0 bridgehead atoms. The molecule has 0 fully saturated rings. The van der Waals surface area contributed by atoms with Crippen LogP contribution in [0.15, 0.2) is 24.4 Å². The number of benzene rings is 1. The Morgan fingerprint density at radius 2 is 2.11 bits per heavy atom. The van der Waals surface area contributed by atoms with E-state index < -0.39 is 5.91 Å². The van der Waals surface area contributed by atoms with E-state index in [1.54, 1.807) is 25.1 Å². The minimum Gasteiger partial charge on any atom is -0.399 e. The van der Waals surface area contributed by atoms with Crippen molar-refractivity contribution in [3.05, 3.63) is 41.1 Å². The van der Waals surface area contributed by atoms with Gasteiger partial charge in [-0.1, -0.05) is 0 Å². The van der Waals surface area contributed by atoms with Gasteiger partial charge in [-0.2, -0.15) is 5.10 Å². The van der Waals surface area contributed by atoms with Crippen molar-refractivity contribution in [2.75, 3.05) is 11.1 Å². The van der Waals surface area contributed by atoms with Crippen LogP contribution in [0.3, 0.4) is 0 Å². The van der Waals surface area contributed by atoms with E-state index in [2.05, 4.69) is 15.5 Å². The maximum Gasteiger partial charge on any atom is 0.256 e. The molecule has 1 aromatic carbocycles. The van der Waals surface area contributed by atoms with Crippen LogP contribution in [-0.2, 0) is 0 Å². The Balaban J connectivity index is 2.23. The lowest BCUT2D eigenvalue weighted by Crippen LogP contribution is -2.17. The molecular weight excluding hydrogens is 246 g/mol. The van der Waals surface area contributed by atoms with E-state index in [1.165, 1.54) is 6.20 Å². The van der Waals surface area contributed by atoms with Gasteiger partial charge in [0, 0.05) is 11.3 Å². The normalized spacial score (nSPS) is 10.2. The van der Waals surface area contributed by atoms with Crippen LogP contribution in [0.25, 0.3) is 0 Å². The molecule has 7 nitrogen and oxygen atoms in total. The SMILES string of the molecule is Cc1cc(C(=O)Nc2[nH]ncc2C(N)=O)ccc1N. The first-order valence-corrected chi connectivity index (χ1v) is 5.49. The van der Waals surface area contributed by atoms with Gasteiger partial charge in [0.1, 0.15) is 11.4 Å². The first-order chi connectivity index (χ1) is 8.99. The fraction of sp³-hybridized carbons (Fsp3) is 0.0833. The number of hydrogen-bond donors (Lipinski definition) is 4. The number of primary amides is 1. The molecule has 2 amide bonds. The summed E-state index contributed by atoms with van der Waals surface area (Å²) in [4.78, 5) is 23.1. The van der Waals surface area contributed by atoms with Crippen LogP contribution < -0.4 is 16.8 Å². The quantitative estimate of drug-likeness (QED) is 0.603. The van der Waals surface area contributed by atoms with E-state index in [0.717, 1.165) is 5.56 Å². The summed E-state index contributed by atoms with van der Waals surface area (Å²) in [6.07, 6.45) is 1.26. The molecule has 7 heteroatoms. The second kappa shape index (κ2) is 4.81. The number of amides is 2. The number of carbonyl (C=O) groups is 2. The van der Waals surface area contributed by atoms with Crippen LogP contribution in [0.4, 0.5) is 11.5 Å². The number of hydrogen-bond acceptors (Lipinski definition) is 4. The molecule has 19 heavy (non-hydrogen) atoms. The van der Waals surface area contributed by atoms with Crippen molar-refractivity contribution < 1.29 is 9.59 Å². The van der Waals surface area contributed by atoms with E-state index >= 15 is 0 Å². The van der Waals surface area contributed by atoms with Gasteiger partial charge >= 0.3 is 0 Å². The highest BCUT2D eigenvalue weighted by Crippen LogP contribution is 2.15. The summed E-state index contributed by atoms with van der Waals surface area (Å²) in [6.45, 7) is 1.80.